The van der Waals surface area contributed by atoms with Crippen LogP contribution in [0.4, 0.5) is 5.69 Å². The molecule has 0 atom stereocenters. The van der Waals surface area contributed by atoms with Crippen LogP contribution in [-0.2, 0) is 11.3 Å². The molecule has 0 radical (unpaired) electrons. The summed E-state index contributed by atoms with van der Waals surface area (Å²) in [5.74, 6) is 0.967. The number of ketones is 1. The third-order valence-corrected chi connectivity index (χ3v) is 6.36. The molecule has 0 unspecified atom stereocenters. The molecule has 4 rings (SSSR count). The van der Waals surface area contributed by atoms with Crippen molar-refractivity contribution >= 4 is 29.1 Å². The topological polar surface area (TPSA) is 80.1 Å². The first kappa shape index (κ1) is 22.2. The number of thioether (sulfide) groups is 1. The highest BCUT2D eigenvalue weighted by Gasteiger charge is 2.19. The lowest BCUT2D eigenvalue weighted by molar-refractivity contribution is -0.113. The molecule has 2 aromatic carbocycles. The number of anilines is 1. The molecule has 0 saturated carbocycles. The molecule has 3 aromatic rings. The Morgan fingerprint density at radius 2 is 1.69 bits per heavy atom. The van der Waals surface area contributed by atoms with Crippen molar-refractivity contribution < 1.29 is 9.59 Å². The van der Waals surface area contributed by atoms with Gasteiger partial charge in [-0.05, 0) is 69.3 Å². The van der Waals surface area contributed by atoms with Gasteiger partial charge >= 0.3 is 0 Å². The van der Waals surface area contributed by atoms with E-state index in [9.17, 15) is 9.59 Å². The molecule has 8 heteroatoms. The number of Topliss-reactive ketones (excluding diaryl/α,β-unsaturated/α-hetero) is 1. The molecule has 7 nitrogen and oxygen atoms in total. The maximum absolute atomic E-state index is 12.5. The van der Waals surface area contributed by atoms with Crippen LogP contribution < -0.4 is 5.32 Å². The zero-order valence-corrected chi connectivity index (χ0v) is 19.0. The summed E-state index contributed by atoms with van der Waals surface area (Å²) in [5.41, 5.74) is 2.28. The summed E-state index contributed by atoms with van der Waals surface area (Å²) in [6.07, 6.45) is 3.72. The normalized spacial score (nSPS) is 14.3. The minimum atomic E-state index is -0.134. The summed E-state index contributed by atoms with van der Waals surface area (Å²) < 4.78 is 2.05. The van der Waals surface area contributed by atoms with Crippen LogP contribution in [0.2, 0.25) is 0 Å². The van der Waals surface area contributed by atoms with Crippen molar-refractivity contribution in [2.45, 2.75) is 37.9 Å². The summed E-state index contributed by atoms with van der Waals surface area (Å²) in [5, 5.41) is 12.4. The summed E-state index contributed by atoms with van der Waals surface area (Å²) in [6.45, 7) is 4.42. The van der Waals surface area contributed by atoms with Crippen LogP contribution in [0.3, 0.4) is 0 Å². The maximum Gasteiger partial charge on any atom is 0.234 e. The summed E-state index contributed by atoms with van der Waals surface area (Å²) in [7, 11) is 0. The van der Waals surface area contributed by atoms with Crippen LogP contribution in [0.25, 0.3) is 5.69 Å². The van der Waals surface area contributed by atoms with E-state index in [4.69, 9.17) is 0 Å². The van der Waals surface area contributed by atoms with Crippen molar-refractivity contribution in [1.82, 2.24) is 19.7 Å². The average molecular weight is 450 g/mol. The number of piperidine rings is 1. The number of carbonyl (C=O) groups is 2. The molecule has 166 valence electrons. The smallest absolute Gasteiger partial charge is 0.234 e. The number of hydrogen-bond acceptors (Lipinski definition) is 6. The molecule has 0 spiro atoms. The third kappa shape index (κ3) is 5.63. The molecular formula is C24H27N5O2S. The second kappa shape index (κ2) is 10.6. The van der Waals surface area contributed by atoms with Crippen molar-refractivity contribution in [3.8, 4) is 5.69 Å². The van der Waals surface area contributed by atoms with E-state index >= 15 is 0 Å². The number of rotatable bonds is 8. The SMILES string of the molecule is CC(=O)c1ccc(NC(=O)CSc2nnc(CN3CCCCC3)n2-c2ccccc2)cc1. The van der Waals surface area contributed by atoms with Gasteiger partial charge in [0.25, 0.3) is 0 Å². The lowest BCUT2D eigenvalue weighted by Crippen LogP contribution is -2.30. The van der Waals surface area contributed by atoms with Gasteiger partial charge in [-0.25, -0.2) is 0 Å². The van der Waals surface area contributed by atoms with Crippen LogP contribution in [0.15, 0.2) is 59.8 Å². The second-order valence-corrected chi connectivity index (χ2v) is 8.82. The highest BCUT2D eigenvalue weighted by atomic mass is 32.2. The first-order valence-electron chi connectivity index (χ1n) is 10.9. The summed E-state index contributed by atoms with van der Waals surface area (Å²) >= 11 is 1.36. The number of hydrogen-bond donors (Lipinski definition) is 1. The molecule has 1 fully saturated rings. The van der Waals surface area contributed by atoms with E-state index in [1.807, 2.05) is 34.9 Å². The second-order valence-electron chi connectivity index (χ2n) is 7.88. The van der Waals surface area contributed by atoms with E-state index < -0.39 is 0 Å². The highest BCUT2D eigenvalue weighted by Crippen LogP contribution is 2.24. The van der Waals surface area contributed by atoms with Crippen LogP contribution in [0.1, 0.15) is 42.4 Å². The van der Waals surface area contributed by atoms with Crippen LogP contribution in [0.5, 0.6) is 0 Å². The van der Waals surface area contributed by atoms with Gasteiger partial charge in [0, 0.05) is 16.9 Å². The molecule has 0 aliphatic carbocycles. The Morgan fingerprint density at radius 1 is 0.969 bits per heavy atom. The van der Waals surface area contributed by atoms with Gasteiger partial charge in [0.15, 0.2) is 16.8 Å². The number of para-hydroxylation sites is 1. The van der Waals surface area contributed by atoms with Crippen molar-refractivity contribution in [3.05, 3.63) is 66.0 Å². The fourth-order valence-electron chi connectivity index (χ4n) is 3.77. The van der Waals surface area contributed by atoms with Gasteiger partial charge in [0.1, 0.15) is 0 Å². The van der Waals surface area contributed by atoms with Crippen molar-refractivity contribution in [2.75, 3.05) is 24.2 Å². The van der Waals surface area contributed by atoms with E-state index in [0.717, 1.165) is 31.1 Å². The van der Waals surface area contributed by atoms with Crippen molar-refractivity contribution in [2.24, 2.45) is 0 Å². The Hall–Kier alpha value is -2.97. The Bertz CT molecular complexity index is 1060. The number of carbonyl (C=O) groups excluding carboxylic acids is 2. The number of benzene rings is 2. The fraction of sp³-hybridized carbons (Fsp3) is 0.333. The Kier molecular flexibility index (Phi) is 7.34. The number of nitrogens with one attached hydrogen (secondary N) is 1. The van der Waals surface area contributed by atoms with Crippen molar-refractivity contribution in [3.63, 3.8) is 0 Å². The minimum Gasteiger partial charge on any atom is -0.325 e. The number of amides is 1. The van der Waals surface area contributed by atoms with E-state index in [-0.39, 0.29) is 17.4 Å². The highest BCUT2D eigenvalue weighted by molar-refractivity contribution is 7.99. The summed E-state index contributed by atoms with van der Waals surface area (Å²) in [6, 6.07) is 16.9. The molecule has 32 heavy (non-hydrogen) atoms. The first-order valence-corrected chi connectivity index (χ1v) is 11.8. The monoisotopic (exact) mass is 449 g/mol. The lowest BCUT2D eigenvalue weighted by Gasteiger charge is -2.26. The molecule has 1 saturated heterocycles. The molecule has 0 bridgehead atoms. The standard InChI is InChI=1S/C24H27N5O2S/c1-18(30)19-10-12-20(13-11-19)25-23(31)17-32-24-27-26-22(16-28-14-6-3-7-15-28)29(24)21-8-4-2-5-9-21/h2,4-5,8-13H,3,6-7,14-17H2,1H3,(H,25,31). The van der Waals surface area contributed by atoms with E-state index in [2.05, 4.69) is 20.4 Å². The van der Waals surface area contributed by atoms with E-state index in [1.165, 1.54) is 37.9 Å². The molecule has 1 aliphatic heterocycles. The molecule has 1 amide bonds. The average Bonchev–Trinajstić information content (AvgIpc) is 3.21. The van der Waals surface area contributed by atoms with Crippen LogP contribution >= 0.6 is 11.8 Å². The Labute approximate surface area is 192 Å². The Morgan fingerprint density at radius 3 is 2.38 bits per heavy atom. The number of nitrogens with zero attached hydrogens (tertiary/aromatic N) is 4. The van der Waals surface area contributed by atoms with Crippen LogP contribution in [0, 0.1) is 0 Å². The Balaban J connectivity index is 1.45. The number of likely N-dealkylation sites (tertiary alicyclic amines) is 1. The quantitative estimate of drug-likeness (QED) is 0.410. The third-order valence-electron chi connectivity index (χ3n) is 5.44. The van der Waals surface area contributed by atoms with E-state index in [0.29, 0.717) is 16.4 Å². The van der Waals surface area contributed by atoms with Gasteiger partial charge in [0.2, 0.25) is 5.91 Å². The van der Waals surface area contributed by atoms with Gasteiger partial charge in [-0.3, -0.25) is 19.1 Å². The molecular weight excluding hydrogens is 422 g/mol. The zero-order valence-electron chi connectivity index (χ0n) is 18.2. The predicted molar refractivity (Wildman–Crippen MR) is 126 cm³/mol. The van der Waals surface area contributed by atoms with Gasteiger partial charge in [-0.15, -0.1) is 10.2 Å². The molecule has 2 heterocycles. The van der Waals surface area contributed by atoms with Gasteiger partial charge < -0.3 is 5.32 Å². The van der Waals surface area contributed by atoms with Crippen molar-refractivity contribution in [1.29, 1.82) is 0 Å². The summed E-state index contributed by atoms with van der Waals surface area (Å²) in [4.78, 5) is 26.3. The molecule has 1 N–H and O–H groups in total. The largest absolute Gasteiger partial charge is 0.325 e. The fourth-order valence-corrected chi connectivity index (χ4v) is 4.54. The lowest BCUT2D eigenvalue weighted by atomic mass is 10.1. The first-order chi connectivity index (χ1) is 15.6. The maximum atomic E-state index is 12.5. The van der Waals surface area contributed by atoms with Gasteiger partial charge in [-0.2, -0.15) is 0 Å². The number of aromatic nitrogens is 3. The predicted octanol–water partition coefficient (Wildman–Crippen LogP) is 4.19. The molecule has 1 aliphatic rings. The van der Waals surface area contributed by atoms with Gasteiger partial charge in [-0.1, -0.05) is 36.4 Å². The molecule has 1 aromatic heterocycles. The van der Waals surface area contributed by atoms with E-state index in [1.54, 1.807) is 24.3 Å². The minimum absolute atomic E-state index is 0.000891. The van der Waals surface area contributed by atoms with Gasteiger partial charge in [0.05, 0.1) is 12.3 Å². The van der Waals surface area contributed by atoms with Crippen LogP contribution in [-0.4, -0.2) is 50.2 Å². The zero-order chi connectivity index (χ0) is 22.3.